The zero-order chi connectivity index (χ0) is 24.9. The van der Waals surface area contributed by atoms with Gasteiger partial charge in [0.1, 0.15) is 0 Å². The van der Waals surface area contributed by atoms with E-state index in [1.54, 1.807) is 18.2 Å². The Morgan fingerprint density at radius 1 is 0.971 bits per heavy atom. The van der Waals surface area contributed by atoms with E-state index in [2.05, 4.69) is 5.32 Å². The van der Waals surface area contributed by atoms with Crippen molar-refractivity contribution in [2.24, 2.45) is 11.8 Å². The monoisotopic (exact) mass is 495 g/mol. The van der Waals surface area contributed by atoms with Gasteiger partial charge in [-0.2, -0.15) is 4.31 Å². The number of nitrogens with zero attached hydrogens (tertiary/aromatic N) is 2. The van der Waals surface area contributed by atoms with Crippen LogP contribution in [0.5, 0.6) is 0 Å². The lowest BCUT2D eigenvalue weighted by Gasteiger charge is -2.31. The molecule has 0 aromatic heterocycles. The zero-order valence-corrected chi connectivity index (χ0v) is 21.4. The Hall–Kier alpha value is -2.71. The zero-order valence-electron chi connectivity index (χ0n) is 20.6. The second-order valence-electron chi connectivity index (χ2n) is 10.2. The molecule has 0 bridgehead atoms. The van der Waals surface area contributed by atoms with Crippen LogP contribution < -0.4 is 10.2 Å². The third-order valence-corrected chi connectivity index (χ3v) is 9.65. The summed E-state index contributed by atoms with van der Waals surface area (Å²) in [6.45, 7) is 6.64. The van der Waals surface area contributed by atoms with Gasteiger partial charge in [-0.05, 0) is 93.8 Å². The summed E-state index contributed by atoms with van der Waals surface area (Å²) in [5, 5.41) is 3.02. The molecule has 1 saturated carbocycles. The summed E-state index contributed by atoms with van der Waals surface area (Å²) in [5.74, 6) is 0.0140. The molecule has 0 radical (unpaired) electrons. The van der Waals surface area contributed by atoms with Crippen molar-refractivity contribution in [3.63, 3.8) is 0 Å². The molecule has 0 spiro atoms. The van der Waals surface area contributed by atoms with E-state index >= 15 is 0 Å². The summed E-state index contributed by atoms with van der Waals surface area (Å²) < 4.78 is 28.3. The topological polar surface area (TPSA) is 86.8 Å². The van der Waals surface area contributed by atoms with E-state index in [0.717, 1.165) is 40.9 Å². The van der Waals surface area contributed by atoms with Crippen molar-refractivity contribution in [2.75, 3.05) is 23.3 Å². The number of fused-ring (bicyclic) bond motifs is 1. The molecular weight excluding hydrogens is 462 g/mol. The standard InChI is InChI=1S/C27H33N3O4S/c1-17-5-4-6-24(19(17)3)28-26(31)20-11-13-29(14-12-20)35(33,34)23-9-10-25-22(16-23)15-18(2)30(25)27(32)21-7-8-21/h4-6,9-10,16,18,20-21H,7-8,11-15H2,1-3H3,(H,28,31)/t18-/m0/s1. The minimum absolute atomic E-state index is 0.0438. The molecule has 3 aliphatic rings. The summed E-state index contributed by atoms with van der Waals surface area (Å²) in [4.78, 5) is 27.7. The molecule has 8 heteroatoms. The highest BCUT2D eigenvalue weighted by molar-refractivity contribution is 7.89. The number of hydrogen-bond acceptors (Lipinski definition) is 4. The lowest BCUT2D eigenvalue weighted by atomic mass is 9.97. The molecule has 186 valence electrons. The normalized spacial score (nSPS) is 21.1. The van der Waals surface area contributed by atoms with Gasteiger partial charge in [-0.3, -0.25) is 9.59 Å². The minimum Gasteiger partial charge on any atom is -0.326 e. The van der Waals surface area contributed by atoms with Crippen molar-refractivity contribution >= 4 is 33.2 Å². The molecule has 2 aromatic rings. The van der Waals surface area contributed by atoms with E-state index in [0.29, 0.717) is 32.4 Å². The predicted octanol–water partition coefficient (Wildman–Crippen LogP) is 4.03. The Kier molecular flexibility index (Phi) is 6.21. The minimum atomic E-state index is -3.66. The van der Waals surface area contributed by atoms with Gasteiger partial charge in [0.2, 0.25) is 21.8 Å². The van der Waals surface area contributed by atoms with Crippen molar-refractivity contribution in [1.82, 2.24) is 4.31 Å². The number of benzene rings is 2. The molecule has 2 aromatic carbocycles. The van der Waals surface area contributed by atoms with Crippen molar-refractivity contribution in [1.29, 1.82) is 0 Å². The molecule has 1 aliphatic carbocycles. The molecule has 0 unspecified atom stereocenters. The van der Waals surface area contributed by atoms with Crippen LogP contribution >= 0.6 is 0 Å². The molecule has 2 fully saturated rings. The first kappa shape index (κ1) is 24.0. The number of sulfonamides is 1. The third-order valence-electron chi connectivity index (χ3n) is 7.76. The van der Waals surface area contributed by atoms with Gasteiger partial charge in [0.05, 0.1) is 4.90 Å². The molecular formula is C27H33N3O4S. The van der Waals surface area contributed by atoms with Gasteiger partial charge < -0.3 is 10.2 Å². The van der Waals surface area contributed by atoms with Gasteiger partial charge in [0.15, 0.2) is 0 Å². The summed E-state index contributed by atoms with van der Waals surface area (Å²) in [7, 11) is -3.66. The number of anilines is 2. The van der Waals surface area contributed by atoms with Gasteiger partial charge in [0, 0.05) is 42.3 Å². The molecule has 7 nitrogen and oxygen atoms in total. The van der Waals surface area contributed by atoms with E-state index in [1.165, 1.54) is 4.31 Å². The Morgan fingerprint density at radius 2 is 1.69 bits per heavy atom. The predicted molar refractivity (Wildman–Crippen MR) is 136 cm³/mol. The van der Waals surface area contributed by atoms with Crippen molar-refractivity contribution < 1.29 is 18.0 Å². The maximum Gasteiger partial charge on any atom is 0.243 e. The average Bonchev–Trinajstić information content (AvgIpc) is 3.63. The fourth-order valence-electron chi connectivity index (χ4n) is 5.26. The number of aryl methyl sites for hydroxylation is 1. The first-order valence-electron chi connectivity index (χ1n) is 12.5. The summed E-state index contributed by atoms with van der Waals surface area (Å²) in [6, 6.07) is 11.0. The molecule has 2 aliphatic heterocycles. The van der Waals surface area contributed by atoms with E-state index < -0.39 is 10.0 Å². The van der Waals surface area contributed by atoms with Crippen LogP contribution in [0.3, 0.4) is 0 Å². The smallest absolute Gasteiger partial charge is 0.243 e. The highest BCUT2D eigenvalue weighted by Gasteiger charge is 2.40. The van der Waals surface area contributed by atoms with E-state index in [1.807, 2.05) is 43.9 Å². The number of carbonyl (C=O) groups excluding carboxylic acids is 2. The van der Waals surface area contributed by atoms with Crippen molar-refractivity contribution in [3.8, 4) is 0 Å². The SMILES string of the molecule is Cc1cccc(NC(=O)C2CCN(S(=O)(=O)c3ccc4c(c3)C[C@H](C)N4C(=O)C3CC3)CC2)c1C. The lowest BCUT2D eigenvalue weighted by Crippen LogP contribution is -2.41. The first-order chi connectivity index (χ1) is 16.7. The Labute approximate surface area is 207 Å². The van der Waals surface area contributed by atoms with Gasteiger partial charge in [-0.1, -0.05) is 12.1 Å². The maximum atomic E-state index is 13.4. The Morgan fingerprint density at radius 3 is 2.37 bits per heavy atom. The van der Waals surface area contributed by atoms with Gasteiger partial charge in [0.25, 0.3) is 0 Å². The summed E-state index contributed by atoms with van der Waals surface area (Å²) in [5.41, 5.74) is 4.73. The van der Waals surface area contributed by atoms with Crippen LogP contribution in [0.15, 0.2) is 41.3 Å². The fourth-order valence-corrected chi connectivity index (χ4v) is 6.78. The molecule has 5 rings (SSSR count). The number of piperidine rings is 1. The van der Waals surface area contributed by atoms with Crippen LogP contribution in [-0.4, -0.2) is 43.7 Å². The second-order valence-corrected chi connectivity index (χ2v) is 12.2. The Bertz CT molecular complexity index is 1280. The van der Waals surface area contributed by atoms with Gasteiger partial charge in [-0.25, -0.2) is 8.42 Å². The van der Waals surface area contributed by atoms with E-state index in [-0.39, 0.29) is 34.6 Å². The fraction of sp³-hybridized carbons (Fsp3) is 0.481. The largest absolute Gasteiger partial charge is 0.326 e. The quantitative estimate of drug-likeness (QED) is 0.679. The van der Waals surface area contributed by atoms with Crippen LogP contribution in [0.2, 0.25) is 0 Å². The molecule has 1 atom stereocenters. The molecule has 1 N–H and O–H groups in total. The highest BCUT2D eigenvalue weighted by Crippen LogP contribution is 2.40. The van der Waals surface area contributed by atoms with E-state index in [9.17, 15) is 18.0 Å². The summed E-state index contributed by atoms with van der Waals surface area (Å²) in [6.07, 6.45) is 3.53. The molecule has 2 heterocycles. The number of nitrogens with one attached hydrogen (secondary N) is 1. The first-order valence-corrected chi connectivity index (χ1v) is 13.9. The molecule has 35 heavy (non-hydrogen) atoms. The third kappa shape index (κ3) is 4.49. The number of amides is 2. The highest BCUT2D eigenvalue weighted by atomic mass is 32.2. The second kappa shape index (κ2) is 9.06. The number of rotatable bonds is 5. The van der Waals surface area contributed by atoms with Crippen LogP contribution in [-0.2, 0) is 26.0 Å². The Balaban J connectivity index is 1.25. The average molecular weight is 496 g/mol. The van der Waals surface area contributed by atoms with E-state index in [4.69, 9.17) is 0 Å². The van der Waals surface area contributed by atoms with Gasteiger partial charge in [-0.15, -0.1) is 0 Å². The molecule has 1 saturated heterocycles. The maximum absolute atomic E-state index is 13.4. The van der Waals surface area contributed by atoms with Gasteiger partial charge >= 0.3 is 0 Å². The number of carbonyl (C=O) groups is 2. The van der Waals surface area contributed by atoms with Crippen LogP contribution in [0.4, 0.5) is 11.4 Å². The van der Waals surface area contributed by atoms with Crippen LogP contribution in [0, 0.1) is 25.7 Å². The summed E-state index contributed by atoms with van der Waals surface area (Å²) >= 11 is 0. The van der Waals surface area contributed by atoms with Crippen LogP contribution in [0.25, 0.3) is 0 Å². The van der Waals surface area contributed by atoms with Crippen LogP contribution in [0.1, 0.15) is 49.3 Å². The lowest BCUT2D eigenvalue weighted by molar-refractivity contribution is -0.121. The molecule has 2 amide bonds. The van der Waals surface area contributed by atoms with Crippen molar-refractivity contribution in [3.05, 3.63) is 53.1 Å². The van der Waals surface area contributed by atoms with Crippen molar-refractivity contribution in [2.45, 2.75) is 63.8 Å². The number of hydrogen-bond donors (Lipinski definition) is 1.